The lowest BCUT2D eigenvalue weighted by molar-refractivity contribution is -0.121. The van der Waals surface area contributed by atoms with E-state index in [0.29, 0.717) is 42.8 Å². The monoisotopic (exact) mass is 398 g/mol. The molecule has 6 nitrogen and oxygen atoms in total. The Hall–Kier alpha value is -3.67. The van der Waals surface area contributed by atoms with Crippen molar-refractivity contribution < 1.29 is 4.79 Å². The number of fused-ring (bicyclic) bond motifs is 6. The smallest absolute Gasteiger partial charge is 0.261 e. The van der Waals surface area contributed by atoms with E-state index in [4.69, 9.17) is 4.98 Å². The Kier molecular flexibility index (Phi) is 4.47. The number of nitrogens with one attached hydrogen (secondary N) is 1. The zero-order valence-corrected chi connectivity index (χ0v) is 16.6. The van der Waals surface area contributed by atoms with E-state index >= 15 is 0 Å². The van der Waals surface area contributed by atoms with Crippen LogP contribution >= 0.6 is 0 Å². The molecule has 0 atom stereocenters. The number of carbonyl (C=O) groups excluding carboxylic acids is 1. The van der Waals surface area contributed by atoms with Crippen LogP contribution < -0.4 is 10.9 Å². The Labute approximate surface area is 173 Å². The number of hydrogen-bond acceptors (Lipinski definition) is 3. The van der Waals surface area contributed by atoms with Gasteiger partial charge in [-0.2, -0.15) is 0 Å². The van der Waals surface area contributed by atoms with E-state index in [1.165, 1.54) is 5.56 Å². The van der Waals surface area contributed by atoms with E-state index in [9.17, 15) is 9.59 Å². The van der Waals surface area contributed by atoms with E-state index in [2.05, 4.69) is 28.6 Å². The van der Waals surface area contributed by atoms with Crippen molar-refractivity contribution >= 4 is 27.7 Å². The van der Waals surface area contributed by atoms with Crippen molar-refractivity contribution in [2.75, 3.05) is 6.54 Å². The third-order valence-corrected chi connectivity index (χ3v) is 5.74. The highest BCUT2D eigenvalue weighted by molar-refractivity contribution is 5.92. The van der Waals surface area contributed by atoms with Crippen LogP contribution in [-0.4, -0.2) is 26.6 Å². The summed E-state index contributed by atoms with van der Waals surface area (Å²) in [6.45, 7) is 5.21. The lowest BCUT2D eigenvalue weighted by atomic mass is 10.0. The molecule has 0 spiro atoms. The van der Waals surface area contributed by atoms with Gasteiger partial charge in [0, 0.05) is 37.0 Å². The van der Waals surface area contributed by atoms with Crippen LogP contribution in [0.3, 0.4) is 0 Å². The molecule has 4 aromatic rings. The van der Waals surface area contributed by atoms with Crippen LogP contribution in [0.25, 0.3) is 33.3 Å². The molecule has 0 radical (unpaired) electrons. The van der Waals surface area contributed by atoms with Gasteiger partial charge in [0.2, 0.25) is 5.91 Å². The number of rotatable bonds is 5. The van der Waals surface area contributed by atoms with Crippen LogP contribution in [0.4, 0.5) is 0 Å². The fourth-order valence-electron chi connectivity index (χ4n) is 4.38. The van der Waals surface area contributed by atoms with Crippen LogP contribution in [0.5, 0.6) is 0 Å². The van der Waals surface area contributed by atoms with Gasteiger partial charge in [0.05, 0.1) is 16.6 Å². The predicted molar refractivity (Wildman–Crippen MR) is 118 cm³/mol. The molecule has 5 rings (SSSR count). The molecule has 6 heteroatoms. The maximum atomic E-state index is 13.1. The minimum atomic E-state index is -0.0268. The van der Waals surface area contributed by atoms with E-state index in [1.807, 2.05) is 36.4 Å². The van der Waals surface area contributed by atoms with Crippen LogP contribution in [0.1, 0.15) is 12.0 Å². The second-order valence-corrected chi connectivity index (χ2v) is 7.50. The van der Waals surface area contributed by atoms with Crippen molar-refractivity contribution in [2.45, 2.75) is 25.9 Å². The van der Waals surface area contributed by atoms with Gasteiger partial charge < -0.3 is 9.88 Å². The summed E-state index contributed by atoms with van der Waals surface area (Å²) in [5, 5.41) is 4.63. The summed E-state index contributed by atoms with van der Waals surface area (Å²) in [4.78, 5) is 30.2. The molecule has 0 fully saturated rings. The topological polar surface area (TPSA) is 68.9 Å². The number of aryl methyl sites for hydroxylation is 2. The number of carbonyl (C=O) groups is 1. The van der Waals surface area contributed by atoms with Crippen molar-refractivity contribution in [2.24, 2.45) is 0 Å². The summed E-state index contributed by atoms with van der Waals surface area (Å²) < 4.78 is 3.92. The molecule has 1 N–H and O–H groups in total. The molecule has 2 aromatic heterocycles. The van der Waals surface area contributed by atoms with Gasteiger partial charge in [-0.1, -0.05) is 36.4 Å². The second kappa shape index (κ2) is 7.30. The molecule has 30 heavy (non-hydrogen) atoms. The van der Waals surface area contributed by atoms with Gasteiger partial charge in [-0.25, -0.2) is 4.98 Å². The number of amides is 1. The van der Waals surface area contributed by atoms with Crippen LogP contribution in [-0.2, 0) is 24.3 Å². The Morgan fingerprint density at radius 2 is 1.90 bits per heavy atom. The third-order valence-electron chi connectivity index (χ3n) is 5.74. The van der Waals surface area contributed by atoms with E-state index < -0.39 is 0 Å². The van der Waals surface area contributed by atoms with Gasteiger partial charge in [0.1, 0.15) is 0 Å². The zero-order valence-electron chi connectivity index (χ0n) is 16.6. The summed E-state index contributed by atoms with van der Waals surface area (Å²) in [5.74, 6) is 0.656. The highest BCUT2D eigenvalue weighted by Gasteiger charge is 2.27. The van der Waals surface area contributed by atoms with Crippen LogP contribution in [0.15, 0.2) is 66.0 Å². The number of aromatic nitrogens is 3. The van der Waals surface area contributed by atoms with Crippen molar-refractivity contribution in [3.05, 3.63) is 77.1 Å². The first-order valence-corrected chi connectivity index (χ1v) is 10.2. The summed E-state index contributed by atoms with van der Waals surface area (Å²) in [7, 11) is 0. The van der Waals surface area contributed by atoms with Crippen molar-refractivity contribution in [1.82, 2.24) is 19.4 Å². The summed E-state index contributed by atoms with van der Waals surface area (Å²) in [5.41, 5.74) is 3.89. The molecule has 0 saturated heterocycles. The van der Waals surface area contributed by atoms with Gasteiger partial charge in [0.15, 0.2) is 5.82 Å². The highest BCUT2D eigenvalue weighted by atomic mass is 16.1. The van der Waals surface area contributed by atoms with Gasteiger partial charge in [-0.15, -0.1) is 6.58 Å². The Bertz CT molecular complexity index is 1360. The first kappa shape index (κ1) is 18.4. The Morgan fingerprint density at radius 3 is 2.73 bits per heavy atom. The normalized spacial score (nSPS) is 12.5. The van der Waals surface area contributed by atoms with Gasteiger partial charge in [-0.05, 0) is 30.2 Å². The Morgan fingerprint density at radius 1 is 1.13 bits per heavy atom. The molecule has 150 valence electrons. The molecule has 1 amide bonds. The first-order valence-electron chi connectivity index (χ1n) is 10.2. The molecular formula is C24H22N4O2. The van der Waals surface area contributed by atoms with Crippen molar-refractivity contribution in [3.8, 4) is 11.5 Å². The van der Waals surface area contributed by atoms with E-state index in [-0.39, 0.29) is 11.5 Å². The largest absolute Gasteiger partial charge is 0.353 e. The quantitative estimate of drug-likeness (QED) is 0.525. The predicted octanol–water partition coefficient (Wildman–Crippen LogP) is 3.27. The lowest BCUT2D eigenvalue weighted by Crippen LogP contribution is -2.28. The van der Waals surface area contributed by atoms with Gasteiger partial charge >= 0.3 is 0 Å². The molecule has 0 bridgehead atoms. The molecule has 3 heterocycles. The van der Waals surface area contributed by atoms with Gasteiger partial charge in [0.25, 0.3) is 5.56 Å². The van der Waals surface area contributed by atoms with Crippen LogP contribution in [0, 0.1) is 0 Å². The third kappa shape index (κ3) is 2.84. The molecule has 1 aliphatic rings. The number of hydrogen-bond donors (Lipinski definition) is 1. The molecule has 1 aliphatic heterocycles. The van der Waals surface area contributed by atoms with Gasteiger partial charge in [-0.3, -0.25) is 14.2 Å². The van der Waals surface area contributed by atoms with Crippen molar-refractivity contribution in [3.63, 3.8) is 0 Å². The maximum absolute atomic E-state index is 13.1. The number of para-hydroxylation sites is 2. The molecule has 0 unspecified atom stereocenters. The lowest BCUT2D eigenvalue weighted by Gasteiger charge is -2.21. The molecule has 0 aliphatic carbocycles. The molecule has 2 aromatic carbocycles. The number of benzene rings is 2. The van der Waals surface area contributed by atoms with Crippen LogP contribution in [0.2, 0.25) is 0 Å². The fourth-order valence-corrected chi connectivity index (χ4v) is 4.38. The van der Waals surface area contributed by atoms with E-state index in [1.54, 1.807) is 10.6 Å². The molecule has 0 saturated carbocycles. The SMILES string of the molecule is C=CCNC(=O)CCn1c2c(c3ccccc31)CCn1c-2nc2ccccc2c1=O. The minimum absolute atomic E-state index is 0.0122. The summed E-state index contributed by atoms with van der Waals surface area (Å²) in [6.07, 6.45) is 2.78. The minimum Gasteiger partial charge on any atom is -0.353 e. The second-order valence-electron chi connectivity index (χ2n) is 7.50. The molecular weight excluding hydrogens is 376 g/mol. The van der Waals surface area contributed by atoms with Crippen molar-refractivity contribution in [1.29, 1.82) is 0 Å². The standard InChI is InChI=1S/C24H22N4O2/c1-2-13-25-21(29)12-15-27-20-10-6-4-7-16(20)17-11-14-28-23(22(17)27)26-19-9-5-3-8-18(19)24(28)30/h2-10H,1,11-15H2,(H,25,29). The Balaban J connectivity index is 1.70. The highest BCUT2D eigenvalue weighted by Crippen LogP contribution is 2.36. The summed E-state index contributed by atoms with van der Waals surface area (Å²) in [6, 6.07) is 15.7. The van der Waals surface area contributed by atoms with E-state index in [0.717, 1.165) is 23.0 Å². The zero-order chi connectivity index (χ0) is 20.7. The summed E-state index contributed by atoms with van der Waals surface area (Å²) >= 11 is 0. The first-order chi connectivity index (χ1) is 14.7. The number of nitrogens with zero attached hydrogens (tertiary/aromatic N) is 3. The average molecular weight is 398 g/mol. The average Bonchev–Trinajstić information content (AvgIpc) is 3.10. The fraction of sp³-hybridized carbons (Fsp3) is 0.208. The maximum Gasteiger partial charge on any atom is 0.261 e.